The molecule has 0 bridgehead atoms. The smallest absolute Gasteiger partial charge is 0.180 e. The monoisotopic (exact) mass is 639 g/mol. The lowest BCUT2D eigenvalue weighted by Gasteiger charge is -2.28. The van der Waals surface area contributed by atoms with E-state index in [4.69, 9.17) is 14.5 Å². The molecule has 232 valence electrons. The number of benzene rings is 1. The van der Waals surface area contributed by atoms with Crippen molar-refractivity contribution in [1.29, 1.82) is 0 Å². The van der Waals surface area contributed by atoms with Gasteiger partial charge in [0.2, 0.25) is 0 Å². The second-order valence-electron chi connectivity index (χ2n) is 13.4. The van der Waals surface area contributed by atoms with Crippen molar-refractivity contribution in [2.75, 3.05) is 37.8 Å². The molecule has 12 heteroatoms. The van der Waals surface area contributed by atoms with E-state index in [-0.39, 0.29) is 18.4 Å². The Labute approximate surface area is 258 Å². The highest BCUT2D eigenvalue weighted by molar-refractivity contribution is 7.91. The van der Waals surface area contributed by atoms with Gasteiger partial charge < -0.3 is 14.4 Å². The maximum absolute atomic E-state index is 13.2. The summed E-state index contributed by atoms with van der Waals surface area (Å²) in [5, 5.41) is 4.67. The standard InChI is InChI=1S/C31H45N5O4SSi2/c1-24-29(41(2,37)38)31(35(22-39-16-18-42(3,4)5)23-40-17-19-43(6,7)8)36-30(34-24)27(21-33-36)26-14-15-28(32-20-26)25-12-10-9-11-13-25/h9-15,20-21H,16-19,22-23H2,1-8H3. The van der Waals surface area contributed by atoms with Gasteiger partial charge in [-0.3, -0.25) is 4.98 Å². The molecule has 0 saturated carbocycles. The molecule has 0 aliphatic heterocycles. The molecule has 0 aliphatic rings. The van der Waals surface area contributed by atoms with Crippen LogP contribution in [0.15, 0.2) is 59.8 Å². The number of pyridine rings is 1. The fourth-order valence-corrected chi connectivity index (χ4v) is 7.23. The van der Waals surface area contributed by atoms with Crippen molar-refractivity contribution in [2.45, 2.75) is 63.2 Å². The van der Waals surface area contributed by atoms with Gasteiger partial charge in [-0.25, -0.2) is 13.4 Å². The minimum absolute atomic E-state index is 0.120. The highest BCUT2D eigenvalue weighted by Gasteiger charge is 2.28. The Hall–Kier alpha value is -2.91. The van der Waals surface area contributed by atoms with E-state index in [1.54, 1.807) is 23.8 Å². The molecular weight excluding hydrogens is 595 g/mol. The Morgan fingerprint density at radius 2 is 1.44 bits per heavy atom. The molecule has 0 spiro atoms. The van der Waals surface area contributed by atoms with Crippen LogP contribution in [0.2, 0.25) is 51.4 Å². The van der Waals surface area contributed by atoms with Gasteiger partial charge in [-0.2, -0.15) is 9.61 Å². The topological polar surface area (TPSA) is 98.9 Å². The number of nitrogens with zero attached hydrogens (tertiary/aromatic N) is 5. The van der Waals surface area contributed by atoms with E-state index in [0.717, 1.165) is 34.5 Å². The van der Waals surface area contributed by atoms with E-state index >= 15 is 0 Å². The second-order valence-corrected chi connectivity index (χ2v) is 26.6. The van der Waals surface area contributed by atoms with E-state index in [1.807, 2.05) is 47.4 Å². The quantitative estimate of drug-likeness (QED) is 0.0865. The van der Waals surface area contributed by atoms with Crippen LogP contribution in [0, 0.1) is 6.92 Å². The lowest BCUT2D eigenvalue weighted by molar-refractivity contribution is 0.0937. The third kappa shape index (κ3) is 8.82. The van der Waals surface area contributed by atoms with Crippen molar-refractivity contribution < 1.29 is 17.9 Å². The number of hydrogen-bond acceptors (Lipinski definition) is 8. The third-order valence-electron chi connectivity index (χ3n) is 7.05. The van der Waals surface area contributed by atoms with Gasteiger partial charge in [-0.05, 0) is 25.1 Å². The van der Waals surface area contributed by atoms with Crippen molar-refractivity contribution in [2.24, 2.45) is 0 Å². The summed E-state index contributed by atoms with van der Waals surface area (Å²) in [4.78, 5) is 11.4. The summed E-state index contributed by atoms with van der Waals surface area (Å²) in [5.41, 5.74) is 4.43. The van der Waals surface area contributed by atoms with Crippen LogP contribution in [0.5, 0.6) is 0 Å². The Bertz CT molecular complexity index is 1610. The summed E-state index contributed by atoms with van der Waals surface area (Å²) in [5.74, 6) is 0.395. The van der Waals surface area contributed by atoms with Crippen LogP contribution in [-0.2, 0) is 19.3 Å². The third-order valence-corrected chi connectivity index (χ3v) is 11.7. The zero-order valence-electron chi connectivity index (χ0n) is 26.7. The van der Waals surface area contributed by atoms with Crippen LogP contribution in [0.4, 0.5) is 5.82 Å². The second kappa shape index (κ2) is 13.4. The molecule has 3 aromatic heterocycles. The molecule has 0 atom stereocenters. The fraction of sp³-hybridized carbons (Fsp3) is 0.452. The van der Waals surface area contributed by atoms with E-state index in [0.29, 0.717) is 30.4 Å². The molecule has 0 amide bonds. The maximum Gasteiger partial charge on any atom is 0.180 e. The Morgan fingerprint density at radius 1 is 0.837 bits per heavy atom. The van der Waals surface area contributed by atoms with Crippen molar-refractivity contribution >= 4 is 37.5 Å². The van der Waals surface area contributed by atoms with Gasteiger partial charge in [-0.15, -0.1) is 0 Å². The molecule has 4 rings (SSSR count). The molecule has 0 radical (unpaired) electrons. The summed E-state index contributed by atoms with van der Waals surface area (Å²) in [7, 11) is -6.30. The Kier molecular flexibility index (Phi) is 10.3. The first-order chi connectivity index (χ1) is 20.1. The van der Waals surface area contributed by atoms with Crippen molar-refractivity contribution in [3.8, 4) is 22.4 Å². The van der Waals surface area contributed by atoms with Crippen molar-refractivity contribution in [3.63, 3.8) is 0 Å². The van der Waals surface area contributed by atoms with Gasteiger partial charge in [-0.1, -0.05) is 75.7 Å². The summed E-state index contributed by atoms with van der Waals surface area (Å²) < 4.78 is 40.3. The van der Waals surface area contributed by atoms with Crippen LogP contribution in [0.3, 0.4) is 0 Å². The largest absolute Gasteiger partial charge is 0.361 e. The lowest BCUT2D eigenvalue weighted by Crippen LogP contribution is -2.34. The lowest BCUT2D eigenvalue weighted by atomic mass is 10.1. The van der Waals surface area contributed by atoms with E-state index < -0.39 is 26.0 Å². The zero-order chi connectivity index (χ0) is 31.4. The molecule has 0 fully saturated rings. The first kappa shape index (κ1) is 33.0. The van der Waals surface area contributed by atoms with Gasteiger partial charge in [0.15, 0.2) is 21.3 Å². The van der Waals surface area contributed by atoms with Gasteiger partial charge in [0.05, 0.1) is 17.6 Å². The van der Waals surface area contributed by atoms with Crippen LogP contribution in [0.25, 0.3) is 28.0 Å². The fourth-order valence-electron chi connectivity index (χ4n) is 4.59. The molecule has 43 heavy (non-hydrogen) atoms. The van der Waals surface area contributed by atoms with E-state index in [9.17, 15) is 8.42 Å². The van der Waals surface area contributed by atoms with Crippen LogP contribution >= 0.6 is 0 Å². The first-order valence-corrected chi connectivity index (χ1v) is 24.0. The number of rotatable bonds is 14. The minimum atomic E-state index is -3.67. The SMILES string of the molecule is Cc1nc2c(-c3ccc(-c4ccccc4)nc3)cnn2c(N(COCC[Si](C)(C)C)COCC[Si](C)(C)C)c1S(C)(=O)=O. The van der Waals surface area contributed by atoms with Gasteiger partial charge in [0.1, 0.15) is 18.4 Å². The predicted octanol–water partition coefficient (Wildman–Crippen LogP) is 6.60. The average Bonchev–Trinajstić information content (AvgIpc) is 3.34. The highest BCUT2D eigenvalue weighted by Crippen LogP contribution is 2.33. The summed E-state index contributed by atoms with van der Waals surface area (Å²) in [6, 6.07) is 15.9. The summed E-state index contributed by atoms with van der Waals surface area (Å²) >= 11 is 0. The molecule has 9 nitrogen and oxygen atoms in total. The van der Waals surface area contributed by atoms with Crippen molar-refractivity contribution in [3.05, 3.63) is 60.6 Å². The minimum Gasteiger partial charge on any atom is -0.361 e. The average molecular weight is 640 g/mol. The number of fused-ring (bicyclic) bond motifs is 1. The Balaban J connectivity index is 1.76. The van der Waals surface area contributed by atoms with Crippen LogP contribution in [0.1, 0.15) is 5.69 Å². The van der Waals surface area contributed by atoms with E-state index in [2.05, 4.69) is 49.4 Å². The molecule has 0 saturated heterocycles. The number of sulfone groups is 1. The molecule has 1 aromatic carbocycles. The number of aryl methyl sites for hydroxylation is 1. The van der Waals surface area contributed by atoms with Crippen LogP contribution in [-0.4, -0.2) is 77.1 Å². The maximum atomic E-state index is 13.2. The number of anilines is 1. The molecule has 0 N–H and O–H groups in total. The first-order valence-electron chi connectivity index (χ1n) is 14.6. The van der Waals surface area contributed by atoms with Crippen LogP contribution < -0.4 is 4.90 Å². The molecule has 0 unspecified atom stereocenters. The van der Waals surface area contributed by atoms with E-state index in [1.165, 1.54) is 6.26 Å². The molecular formula is C31H45N5O4SSi2. The van der Waals surface area contributed by atoms with Gasteiger partial charge in [0.25, 0.3) is 0 Å². The normalized spacial score (nSPS) is 12.7. The predicted molar refractivity (Wildman–Crippen MR) is 180 cm³/mol. The molecule has 4 aromatic rings. The highest BCUT2D eigenvalue weighted by atomic mass is 32.2. The summed E-state index contributed by atoms with van der Waals surface area (Å²) in [6.07, 6.45) is 4.73. The number of aromatic nitrogens is 4. The van der Waals surface area contributed by atoms with Gasteiger partial charge in [0, 0.05) is 58.5 Å². The number of ether oxygens (including phenoxy) is 2. The molecule has 3 heterocycles. The van der Waals surface area contributed by atoms with Crippen molar-refractivity contribution in [1.82, 2.24) is 19.6 Å². The molecule has 0 aliphatic carbocycles. The zero-order valence-corrected chi connectivity index (χ0v) is 29.5. The van der Waals surface area contributed by atoms with Gasteiger partial charge >= 0.3 is 0 Å². The Morgan fingerprint density at radius 3 is 1.95 bits per heavy atom. The number of hydrogen-bond donors (Lipinski definition) is 0. The summed E-state index contributed by atoms with van der Waals surface area (Å²) in [6.45, 7) is 17.1.